The molecular weight excluding hydrogens is 398 g/mol. The summed E-state index contributed by atoms with van der Waals surface area (Å²) < 4.78 is 0.913. The van der Waals surface area contributed by atoms with E-state index in [1.807, 2.05) is 12.1 Å². The van der Waals surface area contributed by atoms with Crippen molar-refractivity contribution in [3.63, 3.8) is 0 Å². The molecule has 2 fully saturated rings. The van der Waals surface area contributed by atoms with Crippen LogP contribution in [-0.4, -0.2) is 28.9 Å². The van der Waals surface area contributed by atoms with E-state index in [0.29, 0.717) is 5.69 Å². The molecule has 5 rings (SSSR count). The number of allylic oxidation sites excluding steroid dienone is 2. The number of nitrogens with zero attached hydrogens (tertiary/aromatic N) is 1. The van der Waals surface area contributed by atoms with Crippen LogP contribution in [0.1, 0.15) is 19.8 Å². The van der Waals surface area contributed by atoms with Crippen LogP contribution in [0.4, 0.5) is 10.5 Å². The molecule has 26 heavy (non-hydrogen) atoms. The number of nitrogens with one attached hydrogen (secondary N) is 2. The second-order valence-corrected chi connectivity index (χ2v) is 8.09. The maximum absolute atomic E-state index is 12.9. The zero-order valence-corrected chi connectivity index (χ0v) is 15.9. The number of urea groups is 1. The Hall–Kier alpha value is -2.15. The van der Waals surface area contributed by atoms with Crippen molar-refractivity contribution in [3.05, 3.63) is 40.9 Å². The summed E-state index contributed by atoms with van der Waals surface area (Å²) in [5.74, 6) is -0.536. The fourth-order valence-electron chi connectivity index (χ4n) is 4.43. The molecule has 6 nitrogen and oxygen atoms in total. The number of hydrogen-bond donors (Lipinski definition) is 2. The van der Waals surface area contributed by atoms with Gasteiger partial charge in [0.05, 0.1) is 11.8 Å². The molecule has 5 atom stereocenters. The van der Waals surface area contributed by atoms with Gasteiger partial charge < -0.3 is 10.6 Å². The van der Waals surface area contributed by atoms with Gasteiger partial charge in [-0.2, -0.15) is 0 Å². The SMILES string of the molecule is CC(NC(=O)Nc1ccc(Br)cc1)N1C(=O)C2C3C=CC(CC3)C2C1=O. The highest BCUT2D eigenvalue weighted by atomic mass is 79.9. The van der Waals surface area contributed by atoms with Crippen molar-refractivity contribution in [2.24, 2.45) is 23.7 Å². The molecule has 4 amide bonds. The molecule has 7 heteroatoms. The molecule has 2 N–H and O–H groups in total. The third kappa shape index (κ3) is 2.84. The molecule has 5 unspecified atom stereocenters. The lowest BCUT2D eigenvalue weighted by Gasteiger charge is -2.38. The molecule has 2 bridgehead atoms. The summed E-state index contributed by atoms with van der Waals surface area (Å²) in [7, 11) is 0. The molecule has 1 saturated carbocycles. The van der Waals surface area contributed by atoms with E-state index < -0.39 is 12.2 Å². The van der Waals surface area contributed by atoms with Crippen LogP contribution in [0.15, 0.2) is 40.9 Å². The minimum absolute atomic E-state index is 0.148. The van der Waals surface area contributed by atoms with Crippen LogP contribution >= 0.6 is 15.9 Å². The van der Waals surface area contributed by atoms with Crippen molar-refractivity contribution >= 4 is 39.5 Å². The third-order valence-electron chi connectivity index (χ3n) is 5.62. The van der Waals surface area contributed by atoms with Gasteiger partial charge in [-0.15, -0.1) is 0 Å². The summed E-state index contributed by atoms with van der Waals surface area (Å²) >= 11 is 3.34. The minimum atomic E-state index is -0.685. The second-order valence-electron chi connectivity index (χ2n) is 7.17. The van der Waals surface area contributed by atoms with Gasteiger partial charge in [0, 0.05) is 10.2 Å². The van der Waals surface area contributed by atoms with Crippen molar-refractivity contribution in [1.29, 1.82) is 0 Å². The maximum atomic E-state index is 12.9. The number of fused-ring (bicyclic) bond motifs is 1. The van der Waals surface area contributed by atoms with Gasteiger partial charge in [0.25, 0.3) is 0 Å². The van der Waals surface area contributed by atoms with Crippen LogP contribution in [-0.2, 0) is 9.59 Å². The molecule has 136 valence electrons. The van der Waals surface area contributed by atoms with Gasteiger partial charge in [-0.1, -0.05) is 28.1 Å². The Bertz CT molecular complexity index is 760. The number of halogens is 1. The lowest BCUT2D eigenvalue weighted by atomic mass is 9.63. The van der Waals surface area contributed by atoms with Gasteiger partial charge in [-0.25, -0.2) is 4.79 Å². The van der Waals surface area contributed by atoms with Crippen molar-refractivity contribution in [1.82, 2.24) is 10.2 Å². The average Bonchev–Trinajstić information content (AvgIpc) is 2.91. The fourth-order valence-corrected chi connectivity index (χ4v) is 4.70. The van der Waals surface area contributed by atoms with E-state index in [1.54, 1.807) is 19.1 Å². The number of carbonyl (C=O) groups is 3. The summed E-state index contributed by atoms with van der Waals surface area (Å²) in [6, 6.07) is 6.72. The van der Waals surface area contributed by atoms with Crippen LogP contribution in [0.2, 0.25) is 0 Å². The average molecular weight is 418 g/mol. The molecule has 1 saturated heterocycles. The third-order valence-corrected chi connectivity index (χ3v) is 6.15. The van der Waals surface area contributed by atoms with Gasteiger partial charge >= 0.3 is 6.03 Å². The van der Waals surface area contributed by atoms with E-state index in [0.717, 1.165) is 17.3 Å². The molecule has 0 spiro atoms. The Morgan fingerprint density at radius 2 is 1.62 bits per heavy atom. The zero-order chi connectivity index (χ0) is 18.4. The number of imide groups is 1. The second kappa shape index (κ2) is 6.54. The van der Waals surface area contributed by atoms with Gasteiger partial charge in [0.15, 0.2) is 0 Å². The number of likely N-dealkylation sites (tertiary alicyclic amines) is 1. The highest BCUT2D eigenvalue weighted by Gasteiger charge is 2.57. The zero-order valence-electron chi connectivity index (χ0n) is 14.3. The first-order valence-electron chi connectivity index (χ1n) is 8.84. The first-order chi connectivity index (χ1) is 12.5. The normalized spacial score (nSPS) is 30.3. The number of hydrogen-bond acceptors (Lipinski definition) is 3. The van der Waals surface area contributed by atoms with Gasteiger partial charge in [-0.3, -0.25) is 14.5 Å². The van der Waals surface area contributed by atoms with E-state index in [9.17, 15) is 14.4 Å². The Balaban J connectivity index is 1.44. The largest absolute Gasteiger partial charge is 0.320 e. The molecule has 1 aromatic rings. The van der Waals surface area contributed by atoms with E-state index in [4.69, 9.17) is 0 Å². The van der Waals surface area contributed by atoms with Crippen LogP contribution in [0.5, 0.6) is 0 Å². The lowest BCUT2D eigenvalue weighted by Crippen LogP contribution is -2.50. The molecule has 0 aromatic heterocycles. The lowest BCUT2D eigenvalue weighted by molar-refractivity contribution is -0.142. The Labute approximate surface area is 160 Å². The van der Waals surface area contributed by atoms with Crippen LogP contribution in [0, 0.1) is 23.7 Å². The quantitative estimate of drug-likeness (QED) is 0.585. The summed E-state index contributed by atoms with van der Waals surface area (Å²) in [6.07, 6.45) is 5.41. The number of carbonyl (C=O) groups excluding carboxylic acids is 3. The Kier molecular flexibility index (Phi) is 4.34. The van der Waals surface area contributed by atoms with Gasteiger partial charge in [0.2, 0.25) is 11.8 Å². The molecule has 3 aliphatic carbocycles. The van der Waals surface area contributed by atoms with E-state index in [-0.39, 0.29) is 35.5 Å². The van der Waals surface area contributed by atoms with Crippen molar-refractivity contribution < 1.29 is 14.4 Å². The van der Waals surface area contributed by atoms with Gasteiger partial charge in [-0.05, 0) is 55.9 Å². The predicted octanol–water partition coefficient (Wildman–Crippen LogP) is 3.11. The summed E-state index contributed by atoms with van der Waals surface area (Å²) in [5.41, 5.74) is 0.632. The first-order valence-corrected chi connectivity index (χ1v) is 9.63. The molecule has 4 aliphatic rings. The predicted molar refractivity (Wildman–Crippen MR) is 99.9 cm³/mol. The van der Waals surface area contributed by atoms with Crippen LogP contribution in [0.3, 0.4) is 0 Å². The highest BCUT2D eigenvalue weighted by molar-refractivity contribution is 9.10. The summed E-state index contributed by atoms with van der Waals surface area (Å²) in [4.78, 5) is 39.2. The molecule has 0 radical (unpaired) electrons. The number of amides is 4. The molecule has 1 aromatic carbocycles. The fraction of sp³-hybridized carbons (Fsp3) is 0.421. The number of rotatable bonds is 3. The monoisotopic (exact) mass is 417 g/mol. The molecule has 1 aliphatic heterocycles. The van der Waals surface area contributed by atoms with E-state index in [2.05, 4.69) is 38.7 Å². The topological polar surface area (TPSA) is 78.5 Å². The smallest absolute Gasteiger partial charge is 0.317 e. The highest BCUT2D eigenvalue weighted by Crippen LogP contribution is 2.49. The summed E-state index contributed by atoms with van der Waals surface area (Å²) in [5, 5.41) is 5.42. The van der Waals surface area contributed by atoms with E-state index >= 15 is 0 Å². The van der Waals surface area contributed by atoms with Crippen molar-refractivity contribution in [2.75, 3.05) is 5.32 Å². The van der Waals surface area contributed by atoms with Crippen LogP contribution in [0.25, 0.3) is 0 Å². The first kappa shape index (κ1) is 17.3. The van der Waals surface area contributed by atoms with Crippen molar-refractivity contribution in [2.45, 2.75) is 25.9 Å². The standard InChI is InChI=1S/C19H20BrN3O3/c1-10(21-19(26)22-14-8-6-13(20)7-9-14)23-17(24)15-11-2-3-12(5-4-11)16(15)18(23)25/h2-3,6-12,15-16H,4-5H2,1H3,(H2,21,22,26). The number of anilines is 1. The van der Waals surface area contributed by atoms with Crippen molar-refractivity contribution in [3.8, 4) is 0 Å². The minimum Gasteiger partial charge on any atom is -0.317 e. The Morgan fingerprint density at radius 1 is 1.08 bits per heavy atom. The maximum Gasteiger partial charge on any atom is 0.320 e. The molecular formula is C19H20BrN3O3. The molecule has 1 heterocycles. The van der Waals surface area contributed by atoms with E-state index in [1.165, 1.54) is 4.90 Å². The van der Waals surface area contributed by atoms with Gasteiger partial charge in [0.1, 0.15) is 6.17 Å². The number of benzene rings is 1. The Morgan fingerprint density at radius 3 is 2.12 bits per heavy atom. The van der Waals surface area contributed by atoms with Crippen LogP contribution < -0.4 is 10.6 Å². The summed E-state index contributed by atoms with van der Waals surface area (Å²) in [6.45, 7) is 1.67.